The maximum absolute atomic E-state index is 13.6. The van der Waals surface area contributed by atoms with Gasteiger partial charge in [0, 0.05) is 11.8 Å². The molecule has 1 aliphatic carbocycles. The molecular formula is C24H24O6. The van der Waals surface area contributed by atoms with E-state index in [1.54, 1.807) is 48.5 Å². The van der Waals surface area contributed by atoms with Crippen molar-refractivity contribution in [2.24, 2.45) is 17.3 Å². The van der Waals surface area contributed by atoms with Gasteiger partial charge < -0.3 is 14.6 Å². The second-order valence-corrected chi connectivity index (χ2v) is 7.35. The summed E-state index contributed by atoms with van der Waals surface area (Å²) in [6.07, 6.45) is 1.59. The Morgan fingerprint density at radius 3 is 2.10 bits per heavy atom. The van der Waals surface area contributed by atoms with Crippen molar-refractivity contribution in [1.29, 1.82) is 0 Å². The molecule has 1 aliphatic rings. The number of hydrogen-bond acceptors (Lipinski definition) is 6. The lowest BCUT2D eigenvalue weighted by Gasteiger charge is -2.32. The number of para-hydroxylation sites is 1. The van der Waals surface area contributed by atoms with Crippen molar-refractivity contribution in [1.82, 2.24) is 0 Å². The molecule has 1 fully saturated rings. The number of phenols is 1. The fourth-order valence-electron chi connectivity index (χ4n) is 4.64. The van der Waals surface area contributed by atoms with Crippen LogP contribution < -0.4 is 0 Å². The van der Waals surface area contributed by atoms with E-state index in [9.17, 15) is 19.5 Å². The van der Waals surface area contributed by atoms with Crippen molar-refractivity contribution >= 4 is 17.7 Å². The first kappa shape index (κ1) is 21.3. The number of carbonyl (C=O) groups excluding carboxylic acids is 3. The van der Waals surface area contributed by atoms with Crippen LogP contribution in [0.4, 0.5) is 0 Å². The van der Waals surface area contributed by atoms with Gasteiger partial charge in [-0.15, -0.1) is 6.58 Å². The monoisotopic (exact) mass is 408 g/mol. The topological polar surface area (TPSA) is 89.9 Å². The zero-order valence-corrected chi connectivity index (χ0v) is 16.9. The number of phenolic OH excluding ortho intramolecular Hbond substituents is 1. The summed E-state index contributed by atoms with van der Waals surface area (Å²) in [7, 11) is 2.41. The Balaban J connectivity index is 2.27. The van der Waals surface area contributed by atoms with Gasteiger partial charge in [-0.25, -0.2) is 0 Å². The van der Waals surface area contributed by atoms with Crippen LogP contribution in [-0.4, -0.2) is 37.0 Å². The van der Waals surface area contributed by atoms with Crippen LogP contribution in [0.1, 0.15) is 28.3 Å². The summed E-state index contributed by atoms with van der Waals surface area (Å²) in [5.41, 5.74) is -0.957. The van der Waals surface area contributed by atoms with Crippen molar-refractivity contribution < 1.29 is 29.0 Å². The van der Waals surface area contributed by atoms with E-state index in [0.717, 1.165) is 0 Å². The van der Waals surface area contributed by atoms with Crippen LogP contribution in [0.5, 0.6) is 5.75 Å². The summed E-state index contributed by atoms with van der Waals surface area (Å²) >= 11 is 0. The summed E-state index contributed by atoms with van der Waals surface area (Å²) in [5.74, 6) is -4.25. The lowest BCUT2D eigenvalue weighted by molar-refractivity contribution is -0.170. The van der Waals surface area contributed by atoms with Crippen LogP contribution in [0, 0.1) is 17.3 Å². The summed E-state index contributed by atoms with van der Waals surface area (Å²) in [6.45, 7) is 3.84. The van der Waals surface area contributed by atoms with Crippen LogP contribution >= 0.6 is 0 Å². The van der Waals surface area contributed by atoms with Crippen molar-refractivity contribution in [3.63, 3.8) is 0 Å². The molecule has 3 rings (SSSR count). The Morgan fingerprint density at radius 2 is 1.57 bits per heavy atom. The number of rotatable bonds is 6. The number of esters is 2. The number of aromatic hydroxyl groups is 1. The second-order valence-electron chi connectivity index (χ2n) is 7.35. The van der Waals surface area contributed by atoms with E-state index in [0.29, 0.717) is 5.56 Å². The molecule has 0 spiro atoms. The number of ketones is 1. The quantitative estimate of drug-likeness (QED) is 0.340. The van der Waals surface area contributed by atoms with Gasteiger partial charge in [0.2, 0.25) is 0 Å². The van der Waals surface area contributed by atoms with Crippen LogP contribution in [0.15, 0.2) is 67.3 Å². The predicted octanol–water partition coefficient (Wildman–Crippen LogP) is 3.51. The van der Waals surface area contributed by atoms with Crippen LogP contribution in [-0.2, 0) is 19.1 Å². The van der Waals surface area contributed by atoms with Gasteiger partial charge in [-0.3, -0.25) is 14.4 Å². The van der Waals surface area contributed by atoms with Crippen LogP contribution in [0.3, 0.4) is 0 Å². The van der Waals surface area contributed by atoms with E-state index >= 15 is 0 Å². The summed E-state index contributed by atoms with van der Waals surface area (Å²) < 4.78 is 10.1. The Kier molecular flexibility index (Phi) is 6.06. The first-order valence-electron chi connectivity index (χ1n) is 9.58. The molecule has 2 aromatic carbocycles. The fraction of sp³-hybridized carbons (Fsp3) is 0.292. The summed E-state index contributed by atoms with van der Waals surface area (Å²) in [5, 5.41) is 10.3. The molecule has 6 nitrogen and oxygen atoms in total. The number of benzene rings is 2. The maximum Gasteiger partial charge on any atom is 0.323 e. The molecule has 3 atom stereocenters. The van der Waals surface area contributed by atoms with Crippen molar-refractivity contribution in [2.75, 3.05) is 14.2 Å². The number of methoxy groups -OCH3 is 2. The molecule has 2 aromatic rings. The van der Waals surface area contributed by atoms with Gasteiger partial charge in [0.1, 0.15) is 5.75 Å². The molecule has 0 aliphatic heterocycles. The normalized spacial score (nSPS) is 22.1. The van der Waals surface area contributed by atoms with Crippen LogP contribution in [0.2, 0.25) is 0 Å². The molecule has 0 bridgehead atoms. The average Bonchev–Trinajstić information content (AvgIpc) is 3.14. The molecular weight excluding hydrogens is 384 g/mol. The summed E-state index contributed by atoms with van der Waals surface area (Å²) in [6, 6.07) is 15.1. The lowest BCUT2D eigenvalue weighted by atomic mass is 9.70. The number of hydrogen-bond donors (Lipinski definition) is 1. The molecule has 0 aromatic heterocycles. The van der Waals surface area contributed by atoms with Crippen molar-refractivity contribution in [2.45, 2.75) is 12.3 Å². The third-order valence-electron chi connectivity index (χ3n) is 5.94. The minimum absolute atomic E-state index is 0.0133. The van der Waals surface area contributed by atoms with E-state index in [1.807, 2.05) is 0 Å². The molecule has 0 heterocycles. The van der Waals surface area contributed by atoms with Gasteiger partial charge >= 0.3 is 11.9 Å². The molecule has 0 amide bonds. The van der Waals surface area contributed by atoms with Crippen molar-refractivity contribution in [3.8, 4) is 5.75 Å². The number of ether oxygens (including phenoxy) is 2. The van der Waals surface area contributed by atoms with E-state index in [4.69, 9.17) is 9.47 Å². The number of Topliss-reactive ketones (excluding diaryl/α,β-unsaturated/α-hetero) is 1. The zero-order chi connectivity index (χ0) is 21.9. The van der Waals surface area contributed by atoms with Crippen molar-refractivity contribution in [3.05, 3.63) is 78.4 Å². The van der Waals surface area contributed by atoms with Gasteiger partial charge in [0.25, 0.3) is 0 Å². The van der Waals surface area contributed by atoms with E-state index in [2.05, 4.69) is 6.58 Å². The third kappa shape index (κ3) is 3.28. The van der Waals surface area contributed by atoms with Gasteiger partial charge in [0.15, 0.2) is 11.2 Å². The minimum Gasteiger partial charge on any atom is -0.507 e. The SMILES string of the molecule is C=C[C@H]1CC(C(=O)OC)(C(=O)OC)[C@H](c2ccccc2)[C@H]1C(=O)c1ccccc1O. The highest BCUT2D eigenvalue weighted by Crippen LogP contribution is 2.58. The lowest BCUT2D eigenvalue weighted by Crippen LogP contribution is -2.45. The van der Waals surface area contributed by atoms with Gasteiger partial charge in [-0.05, 0) is 30.0 Å². The molecule has 0 saturated heterocycles. The van der Waals surface area contributed by atoms with Gasteiger partial charge in [-0.2, -0.15) is 0 Å². The first-order valence-corrected chi connectivity index (χ1v) is 9.58. The highest BCUT2D eigenvalue weighted by molar-refractivity contribution is 6.06. The van der Waals surface area contributed by atoms with Gasteiger partial charge in [-0.1, -0.05) is 48.5 Å². The standard InChI is InChI=1S/C24H24O6/c1-4-15-14-24(22(27)29-2,23(28)30-3)20(16-10-6-5-7-11-16)19(15)21(26)17-12-8-9-13-18(17)25/h4-13,15,19-20,25H,1,14H2,2-3H3/t15-,19-,20+/m0/s1. The first-order chi connectivity index (χ1) is 14.4. The fourth-order valence-corrected chi connectivity index (χ4v) is 4.64. The van der Waals surface area contributed by atoms with Crippen LogP contribution in [0.25, 0.3) is 0 Å². The molecule has 6 heteroatoms. The number of allylic oxidation sites excluding steroid dienone is 1. The smallest absolute Gasteiger partial charge is 0.323 e. The van der Waals surface area contributed by atoms with E-state index in [-0.39, 0.29) is 23.5 Å². The Morgan fingerprint density at radius 1 is 1.00 bits per heavy atom. The van der Waals surface area contributed by atoms with Gasteiger partial charge in [0.05, 0.1) is 19.8 Å². The largest absolute Gasteiger partial charge is 0.507 e. The second kappa shape index (κ2) is 8.53. The predicted molar refractivity (Wildman–Crippen MR) is 110 cm³/mol. The number of carbonyl (C=O) groups is 3. The molecule has 1 saturated carbocycles. The Bertz CT molecular complexity index is 949. The average molecular weight is 408 g/mol. The minimum atomic E-state index is -1.71. The molecule has 1 N–H and O–H groups in total. The Labute approximate surface area is 175 Å². The highest BCUT2D eigenvalue weighted by atomic mass is 16.5. The summed E-state index contributed by atoms with van der Waals surface area (Å²) in [4.78, 5) is 39.7. The molecule has 30 heavy (non-hydrogen) atoms. The highest BCUT2D eigenvalue weighted by Gasteiger charge is 2.65. The van der Waals surface area contributed by atoms with E-state index < -0.39 is 35.1 Å². The molecule has 0 unspecified atom stereocenters. The maximum atomic E-state index is 13.6. The Hall–Kier alpha value is -3.41. The molecule has 156 valence electrons. The zero-order valence-electron chi connectivity index (χ0n) is 16.9. The third-order valence-corrected chi connectivity index (χ3v) is 5.94. The van der Waals surface area contributed by atoms with E-state index in [1.165, 1.54) is 26.4 Å². The molecule has 0 radical (unpaired) electrons.